The van der Waals surface area contributed by atoms with Crippen molar-refractivity contribution in [1.82, 2.24) is 4.98 Å². The Hall–Kier alpha value is -4.59. The molecule has 1 amide bonds. The SMILES string of the molecule is Cc1oc(-c2ccccc2)nc1CN(C(=O)OC(C)(C)C)c1ccc(COc2ccccc2CC(=O)O)cc1. The Morgan fingerprint density at radius 3 is 2.28 bits per heavy atom. The Balaban J connectivity index is 1.54. The molecule has 0 bridgehead atoms. The number of aromatic nitrogens is 1. The molecule has 4 aromatic rings. The monoisotopic (exact) mass is 528 g/mol. The van der Waals surface area contributed by atoms with Crippen molar-refractivity contribution in [1.29, 1.82) is 0 Å². The molecule has 3 aromatic carbocycles. The van der Waals surface area contributed by atoms with Gasteiger partial charge in [0.25, 0.3) is 0 Å². The first kappa shape index (κ1) is 27.4. The van der Waals surface area contributed by atoms with Gasteiger partial charge in [-0.2, -0.15) is 0 Å². The smallest absolute Gasteiger partial charge is 0.415 e. The summed E-state index contributed by atoms with van der Waals surface area (Å²) in [6.07, 6.45) is -0.620. The highest BCUT2D eigenvalue weighted by Crippen LogP contribution is 2.27. The summed E-state index contributed by atoms with van der Waals surface area (Å²) in [5.74, 6) is 0.710. The first-order valence-electron chi connectivity index (χ1n) is 12.6. The van der Waals surface area contributed by atoms with Crippen LogP contribution in [0, 0.1) is 6.92 Å². The summed E-state index contributed by atoms with van der Waals surface area (Å²) in [7, 11) is 0. The number of para-hydroxylation sites is 1. The molecule has 0 saturated carbocycles. The number of carboxylic acid groups (broad SMARTS) is 1. The van der Waals surface area contributed by atoms with Gasteiger partial charge in [0, 0.05) is 16.8 Å². The van der Waals surface area contributed by atoms with E-state index in [1.807, 2.05) is 82.3 Å². The third-order valence-electron chi connectivity index (χ3n) is 5.79. The summed E-state index contributed by atoms with van der Waals surface area (Å²) < 4.78 is 17.5. The van der Waals surface area contributed by atoms with Crippen LogP contribution in [0.25, 0.3) is 11.5 Å². The number of nitrogens with zero attached hydrogens (tertiary/aromatic N) is 2. The number of carbonyl (C=O) groups is 2. The molecule has 0 fully saturated rings. The third-order valence-corrected chi connectivity index (χ3v) is 5.79. The summed E-state index contributed by atoms with van der Waals surface area (Å²) in [6.45, 7) is 7.69. The van der Waals surface area contributed by atoms with Gasteiger partial charge >= 0.3 is 12.1 Å². The highest BCUT2D eigenvalue weighted by Gasteiger charge is 2.26. The lowest BCUT2D eigenvalue weighted by Gasteiger charge is -2.27. The fraction of sp³-hybridized carbons (Fsp3) is 0.258. The standard InChI is InChI=1S/C31H32N2O6/c1-21-26(32-29(38-21)23-10-6-5-7-11-23)19-33(30(36)39-31(2,3)4)25-16-14-22(15-17-25)20-37-27-13-9-8-12-24(27)18-28(34)35/h5-17H,18-20H2,1-4H3,(H,34,35). The van der Waals surface area contributed by atoms with Crippen molar-refractivity contribution in [3.8, 4) is 17.2 Å². The number of aryl methyl sites for hydroxylation is 1. The fourth-order valence-electron chi connectivity index (χ4n) is 3.89. The van der Waals surface area contributed by atoms with E-state index < -0.39 is 17.7 Å². The Morgan fingerprint density at radius 1 is 0.949 bits per heavy atom. The van der Waals surface area contributed by atoms with Gasteiger partial charge in [0.05, 0.1) is 13.0 Å². The molecule has 1 heterocycles. The van der Waals surface area contributed by atoms with Crippen LogP contribution in [0.2, 0.25) is 0 Å². The maximum atomic E-state index is 13.2. The molecule has 0 aliphatic rings. The van der Waals surface area contributed by atoms with Crippen LogP contribution >= 0.6 is 0 Å². The van der Waals surface area contributed by atoms with Gasteiger partial charge in [0.1, 0.15) is 29.4 Å². The van der Waals surface area contributed by atoms with Gasteiger partial charge in [-0.05, 0) is 63.6 Å². The number of rotatable bonds is 9. The van der Waals surface area contributed by atoms with E-state index in [2.05, 4.69) is 4.98 Å². The molecule has 202 valence electrons. The predicted octanol–water partition coefficient (Wildman–Crippen LogP) is 6.80. The summed E-state index contributed by atoms with van der Waals surface area (Å²) in [5, 5.41) is 9.15. The number of benzene rings is 3. The van der Waals surface area contributed by atoms with Crippen molar-refractivity contribution in [3.63, 3.8) is 0 Å². The van der Waals surface area contributed by atoms with Crippen molar-refractivity contribution in [3.05, 3.63) is 101 Å². The zero-order valence-corrected chi connectivity index (χ0v) is 22.5. The van der Waals surface area contributed by atoms with E-state index in [-0.39, 0.29) is 19.6 Å². The molecule has 0 saturated heterocycles. The second-order valence-corrected chi connectivity index (χ2v) is 10.1. The molecule has 1 aromatic heterocycles. The van der Waals surface area contributed by atoms with Crippen LogP contribution in [0.4, 0.5) is 10.5 Å². The molecule has 0 spiro atoms. The minimum absolute atomic E-state index is 0.118. The number of aliphatic carboxylic acids is 1. The van der Waals surface area contributed by atoms with Gasteiger partial charge in [-0.1, -0.05) is 48.5 Å². The number of oxazole rings is 1. The first-order chi connectivity index (χ1) is 18.6. The summed E-state index contributed by atoms with van der Waals surface area (Å²) in [4.78, 5) is 30.6. The van der Waals surface area contributed by atoms with E-state index in [1.165, 1.54) is 4.90 Å². The Labute approximate surface area is 227 Å². The largest absolute Gasteiger partial charge is 0.489 e. The molecule has 0 aliphatic carbocycles. The number of hydrogen-bond donors (Lipinski definition) is 1. The average molecular weight is 529 g/mol. The van der Waals surface area contributed by atoms with Gasteiger partial charge in [0.2, 0.25) is 5.89 Å². The minimum atomic E-state index is -0.920. The van der Waals surface area contributed by atoms with E-state index in [9.17, 15) is 9.59 Å². The molecule has 0 aliphatic heterocycles. The number of hydrogen-bond acceptors (Lipinski definition) is 6. The lowest BCUT2D eigenvalue weighted by Crippen LogP contribution is -2.36. The van der Waals surface area contributed by atoms with Crippen LogP contribution in [0.5, 0.6) is 5.75 Å². The van der Waals surface area contributed by atoms with Crippen LogP contribution in [0.3, 0.4) is 0 Å². The van der Waals surface area contributed by atoms with Crippen LogP contribution < -0.4 is 9.64 Å². The van der Waals surface area contributed by atoms with E-state index in [4.69, 9.17) is 19.0 Å². The van der Waals surface area contributed by atoms with Crippen molar-refractivity contribution in [2.75, 3.05) is 4.90 Å². The van der Waals surface area contributed by atoms with Crippen molar-refractivity contribution < 1.29 is 28.6 Å². The van der Waals surface area contributed by atoms with Crippen LogP contribution in [0.1, 0.15) is 43.4 Å². The number of anilines is 1. The van der Waals surface area contributed by atoms with Crippen molar-refractivity contribution in [2.45, 2.75) is 52.9 Å². The molecule has 1 N–H and O–H groups in total. The molecule has 8 nitrogen and oxygen atoms in total. The lowest BCUT2D eigenvalue weighted by molar-refractivity contribution is -0.136. The fourth-order valence-corrected chi connectivity index (χ4v) is 3.89. The first-order valence-corrected chi connectivity index (χ1v) is 12.6. The number of carboxylic acids is 1. The summed E-state index contributed by atoms with van der Waals surface area (Å²) >= 11 is 0. The van der Waals surface area contributed by atoms with E-state index >= 15 is 0 Å². The Bertz CT molecular complexity index is 1420. The lowest BCUT2D eigenvalue weighted by atomic mass is 10.1. The highest BCUT2D eigenvalue weighted by molar-refractivity contribution is 5.87. The van der Waals surface area contributed by atoms with Gasteiger partial charge in [-0.15, -0.1) is 0 Å². The second kappa shape index (κ2) is 11.9. The minimum Gasteiger partial charge on any atom is -0.489 e. The molecule has 4 rings (SSSR count). The molecule has 0 atom stereocenters. The number of ether oxygens (including phenoxy) is 2. The van der Waals surface area contributed by atoms with Gasteiger partial charge in [-0.25, -0.2) is 9.78 Å². The van der Waals surface area contributed by atoms with Crippen LogP contribution in [0.15, 0.2) is 83.3 Å². The van der Waals surface area contributed by atoms with Crippen molar-refractivity contribution >= 4 is 17.7 Å². The molecule has 0 radical (unpaired) electrons. The average Bonchev–Trinajstić information content (AvgIpc) is 3.26. The maximum Gasteiger partial charge on any atom is 0.415 e. The third kappa shape index (κ3) is 7.47. The van der Waals surface area contributed by atoms with E-state index in [1.54, 1.807) is 24.3 Å². The van der Waals surface area contributed by atoms with Gasteiger partial charge in [0.15, 0.2) is 0 Å². The Morgan fingerprint density at radius 2 is 1.62 bits per heavy atom. The van der Waals surface area contributed by atoms with Crippen molar-refractivity contribution in [2.24, 2.45) is 0 Å². The second-order valence-electron chi connectivity index (χ2n) is 10.1. The molecular weight excluding hydrogens is 496 g/mol. The van der Waals surface area contributed by atoms with Gasteiger partial charge in [-0.3, -0.25) is 9.69 Å². The molecule has 0 unspecified atom stereocenters. The van der Waals surface area contributed by atoms with Gasteiger partial charge < -0.3 is 19.0 Å². The summed E-state index contributed by atoms with van der Waals surface area (Å²) in [5.41, 5.74) is 2.89. The normalized spacial score (nSPS) is 11.2. The highest BCUT2D eigenvalue weighted by atomic mass is 16.6. The van der Waals surface area contributed by atoms with Crippen LogP contribution in [-0.4, -0.2) is 27.8 Å². The quantitative estimate of drug-likeness (QED) is 0.255. The molecular formula is C31H32N2O6. The molecule has 39 heavy (non-hydrogen) atoms. The topological polar surface area (TPSA) is 102 Å². The zero-order valence-electron chi connectivity index (χ0n) is 22.5. The maximum absolute atomic E-state index is 13.2. The predicted molar refractivity (Wildman–Crippen MR) is 148 cm³/mol. The van der Waals surface area contributed by atoms with E-state index in [0.29, 0.717) is 34.3 Å². The van der Waals surface area contributed by atoms with Crippen LogP contribution in [-0.2, 0) is 29.1 Å². The molecule has 8 heteroatoms. The summed E-state index contributed by atoms with van der Waals surface area (Å²) in [6, 6.07) is 24.0. The number of amides is 1. The Kier molecular flexibility index (Phi) is 8.34. The zero-order chi connectivity index (χ0) is 28.0. The number of carbonyl (C=O) groups excluding carboxylic acids is 1. The van der Waals surface area contributed by atoms with E-state index in [0.717, 1.165) is 11.1 Å².